The third-order valence-electron chi connectivity index (χ3n) is 2.97. The van der Waals surface area contributed by atoms with Crippen LogP contribution in [0, 0.1) is 0 Å². The van der Waals surface area contributed by atoms with Gasteiger partial charge < -0.3 is 15.8 Å². The van der Waals surface area contributed by atoms with Crippen molar-refractivity contribution in [2.24, 2.45) is 0 Å². The minimum absolute atomic E-state index is 0.0382. The van der Waals surface area contributed by atoms with Crippen LogP contribution in [0.1, 0.15) is 26.3 Å². The number of methoxy groups -OCH3 is 1. The van der Waals surface area contributed by atoms with Gasteiger partial charge >= 0.3 is 0 Å². The van der Waals surface area contributed by atoms with Crippen LogP contribution in [-0.2, 0) is 11.3 Å². The van der Waals surface area contributed by atoms with Crippen LogP contribution in [0.4, 0.5) is 5.69 Å². The molecular weight excluding hydrogens is 254 g/mol. The van der Waals surface area contributed by atoms with Gasteiger partial charge in [0.1, 0.15) is 5.75 Å². The smallest absolute Gasteiger partial charge is 0.234 e. The van der Waals surface area contributed by atoms with Crippen LogP contribution in [0.25, 0.3) is 0 Å². The molecule has 5 heteroatoms. The number of rotatable bonds is 7. The van der Waals surface area contributed by atoms with Crippen LogP contribution in [0.3, 0.4) is 0 Å². The second-order valence-corrected chi connectivity index (χ2v) is 5.10. The van der Waals surface area contributed by atoms with Crippen LogP contribution in [0.15, 0.2) is 18.2 Å². The van der Waals surface area contributed by atoms with Gasteiger partial charge in [0.05, 0.1) is 13.7 Å². The number of anilines is 1. The highest BCUT2D eigenvalue weighted by Crippen LogP contribution is 2.22. The zero-order valence-corrected chi connectivity index (χ0v) is 12.8. The van der Waals surface area contributed by atoms with E-state index in [1.54, 1.807) is 13.2 Å². The van der Waals surface area contributed by atoms with Gasteiger partial charge in [0, 0.05) is 29.9 Å². The van der Waals surface area contributed by atoms with Crippen molar-refractivity contribution in [3.05, 3.63) is 23.8 Å². The molecule has 0 fully saturated rings. The molecule has 0 saturated heterocycles. The van der Waals surface area contributed by atoms with Crippen molar-refractivity contribution >= 4 is 11.6 Å². The zero-order valence-electron chi connectivity index (χ0n) is 12.8. The lowest BCUT2D eigenvalue weighted by molar-refractivity contribution is -0.122. The molecule has 1 aromatic carbocycles. The summed E-state index contributed by atoms with van der Waals surface area (Å²) in [7, 11) is 1.63. The van der Waals surface area contributed by atoms with E-state index in [0.29, 0.717) is 18.8 Å². The van der Waals surface area contributed by atoms with Gasteiger partial charge in [0.15, 0.2) is 0 Å². The fourth-order valence-electron chi connectivity index (χ4n) is 1.98. The van der Waals surface area contributed by atoms with Gasteiger partial charge in [0.25, 0.3) is 0 Å². The van der Waals surface area contributed by atoms with Crippen molar-refractivity contribution in [1.29, 1.82) is 0 Å². The third kappa shape index (κ3) is 5.09. The SMILES string of the molecule is CCN(CC(=O)NC(C)C)Cc1ccc(N)cc1OC. The Morgan fingerprint density at radius 3 is 2.70 bits per heavy atom. The summed E-state index contributed by atoms with van der Waals surface area (Å²) in [6, 6.07) is 5.75. The number of nitrogens with zero attached hydrogens (tertiary/aromatic N) is 1. The Balaban J connectivity index is 2.71. The molecule has 0 aliphatic heterocycles. The summed E-state index contributed by atoms with van der Waals surface area (Å²) in [5, 5.41) is 2.90. The number of nitrogens with one attached hydrogen (secondary N) is 1. The second kappa shape index (κ2) is 7.75. The summed E-state index contributed by atoms with van der Waals surface area (Å²) in [4.78, 5) is 13.9. The average Bonchev–Trinajstić information content (AvgIpc) is 2.38. The number of nitrogens with two attached hydrogens (primary N) is 1. The number of carbonyl (C=O) groups excluding carboxylic acids is 1. The predicted octanol–water partition coefficient (Wildman–Crippen LogP) is 1.62. The van der Waals surface area contributed by atoms with E-state index in [2.05, 4.69) is 10.2 Å². The van der Waals surface area contributed by atoms with Gasteiger partial charge in [-0.25, -0.2) is 0 Å². The molecule has 0 bridgehead atoms. The van der Waals surface area contributed by atoms with E-state index >= 15 is 0 Å². The number of nitrogen functional groups attached to an aromatic ring is 1. The highest BCUT2D eigenvalue weighted by atomic mass is 16.5. The normalized spacial score (nSPS) is 10.9. The highest BCUT2D eigenvalue weighted by Gasteiger charge is 2.13. The first-order chi connectivity index (χ1) is 9.46. The fraction of sp³-hybridized carbons (Fsp3) is 0.533. The summed E-state index contributed by atoms with van der Waals surface area (Å²) in [5.41, 5.74) is 7.45. The van der Waals surface area contributed by atoms with Gasteiger partial charge in [-0.05, 0) is 26.5 Å². The van der Waals surface area contributed by atoms with Crippen LogP contribution in [-0.4, -0.2) is 37.0 Å². The molecule has 112 valence electrons. The molecule has 0 aliphatic carbocycles. The van der Waals surface area contributed by atoms with Crippen molar-refractivity contribution in [1.82, 2.24) is 10.2 Å². The number of hydrogen-bond donors (Lipinski definition) is 2. The van der Waals surface area contributed by atoms with Gasteiger partial charge in [-0.15, -0.1) is 0 Å². The van der Waals surface area contributed by atoms with E-state index in [4.69, 9.17) is 10.5 Å². The summed E-state index contributed by atoms with van der Waals surface area (Å²) < 4.78 is 5.33. The number of amides is 1. The van der Waals surface area contributed by atoms with E-state index in [1.165, 1.54) is 0 Å². The van der Waals surface area contributed by atoms with Crippen molar-refractivity contribution in [2.45, 2.75) is 33.4 Å². The van der Waals surface area contributed by atoms with Crippen LogP contribution in [0.5, 0.6) is 5.75 Å². The monoisotopic (exact) mass is 279 g/mol. The van der Waals surface area contributed by atoms with Crippen molar-refractivity contribution in [2.75, 3.05) is 25.9 Å². The van der Waals surface area contributed by atoms with Gasteiger partial charge in [-0.2, -0.15) is 0 Å². The Bertz CT molecular complexity index is 447. The zero-order chi connectivity index (χ0) is 15.1. The van der Waals surface area contributed by atoms with Crippen LogP contribution >= 0.6 is 0 Å². The molecule has 0 aromatic heterocycles. The molecule has 0 heterocycles. The van der Waals surface area contributed by atoms with Crippen LogP contribution in [0.2, 0.25) is 0 Å². The molecule has 3 N–H and O–H groups in total. The Hall–Kier alpha value is -1.75. The lowest BCUT2D eigenvalue weighted by atomic mass is 10.1. The Morgan fingerprint density at radius 1 is 1.45 bits per heavy atom. The summed E-state index contributed by atoms with van der Waals surface area (Å²) >= 11 is 0. The summed E-state index contributed by atoms with van der Waals surface area (Å²) in [6.07, 6.45) is 0. The lowest BCUT2D eigenvalue weighted by Gasteiger charge is -2.22. The first-order valence-electron chi connectivity index (χ1n) is 6.90. The average molecular weight is 279 g/mol. The second-order valence-electron chi connectivity index (χ2n) is 5.10. The summed E-state index contributed by atoms with van der Waals surface area (Å²) in [6.45, 7) is 7.77. The maximum atomic E-state index is 11.8. The van der Waals surface area contributed by atoms with E-state index in [0.717, 1.165) is 17.9 Å². The van der Waals surface area contributed by atoms with Gasteiger partial charge in [-0.1, -0.05) is 13.0 Å². The molecule has 20 heavy (non-hydrogen) atoms. The summed E-state index contributed by atoms with van der Waals surface area (Å²) in [5.74, 6) is 0.795. The van der Waals surface area contributed by atoms with E-state index in [-0.39, 0.29) is 11.9 Å². The predicted molar refractivity (Wildman–Crippen MR) is 81.6 cm³/mol. The maximum absolute atomic E-state index is 11.8. The van der Waals surface area contributed by atoms with E-state index in [9.17, 15) is 4.79 Å². The molecule has 0 aliphatic rings. The fourth-order valence-corrected chi connectivity index (χ4v) is 1.98. The molecule has 0 saturated carbocycles. The lowest BCUT2D eigenvalue weighted by Crippen LogP contribution is -2.39. The minimum atomic E-state index is 0.0382. The standard InChI is InChI=1S/C15H25N3O2/c1-5-18(10-15(19)17-11(2)3)9-12-6-7-13(16)8-14(12)20-4/h6-8,11H,5,9-10,16H2,1-4H3,(H,17,19). The number of hydrogen-bond acceptors (Lipinski definition) is 4. The highest BCUT2D eigenvalue weighted by molar-refractivity contribution is 5.78. The van der Waals surface area contributed by atoms with Gasteiger partial charge in [-0.3, -0.25) is 9.69 Å². The minimum Gasteiger partial charge on any atom is -0.496 e. The van der Waals surface area contributed by atoms with Crippen molar-refractivity contribution < 1.29 is 9.53 Å². The number of ether oxygens (including phenoxy) is 1. The van der Waals surface area contributed by atoms with Crippen molar-refractivity contribution in [3.63, 3.8) is 0 Å². The Morgan fingerprint density at radius 2 is 2.15 bits per heavy atom. The topological polar surface area (TPSA) is 67.6 Å². The maximum Gasteiger partial charge on any atom is 0.234 e. The molecule has 5 nitrogen and oxygen atoms in total. The van der Waals surface area contributed by atoms with E-state index in [1.807, 2.05) is 32.9 Å². The Labute approximate surface area is 121 Å². The number of carbonyl (C=O) groups is 1. The van der Waals surface area contributed by atoms with Crippen molar-refractivity contribution in [3.8, 4) is 5.75 Å². The molecule has 0 radical (unpaired) electrons. The molecule has 0 atom stereocenters. The first-order valence-corrected chi connectivity index (χ1v) is 6.90. The largest absolute Gasteiger partial charge is 0.496 e. The number of likely N-dealkylation sites (N-methyl/N-ethyl adjacent to an activating group) is 1. The van der Waals surface area contributed by atoms with Gasteiger partial charge in [0.2, 0.25) is 5.91 Å². The van der Waals surface area contributed by atoms with Crippen LogP contribution < -0.4 is 15.8 Å². The van der Waals surface area contributed by atoms with E-state index < -0.39 is 0 Å². The molecule has 1 amide bonds. The Kier molecular flexibility index (Phi) is 6.31. The molecule has 1 aromatic rings. The third-order valence-corrected chi connectivity index (χ3v) is 2.97. The molecule has 0 unspecified atom stereocenters. The molecular formula is C15H25N3O2. The first kappa shape index (κ1) is 16.3. The molecule has 0 spiro atoms. The number of benzene rings is 1. The molecule has 1 rings (SSSR count). The quantitative estimate of drug-likeness (QED) is 0.744.